The number of carbonyl (C=O) groups excluding carboxylic acids is 1. The number of amides is 1. The molecule has 7 nitrogen and oxygen atoms in total. The van der Waals surface area contributed by atoms with E-state index in [0.717, 1.165) is 6.26 Å². The van der Waals surface area contributed by atoms with Crippen LogP contribution in [-0.4, -0.2) is 80.9 Å². The Hall–Kier alpha value is -0.700. The molecule has 2 atom stereocenters. The lowest BCUT2D eigenvalue weighted by atomic mass is 10.2. The summed E-state index contributed by atoms with van der Waals surface area (Å²) in [6.45, 7) is 0.641. The van der Waals surface area contributed by atoms with E-state index in [1.165, 1.54) is 16.3 Å². The first-order chi connectivity index (χ1) is 8.77. The molecule has 0 aliphatic carbocycles. The fraction of sp³-hybridized carbons (Fsp3) is 0.909. The Morgan fingerprint density at radius 3 is 2.74 bits per heavy atom. The molecule has 112 valence electrons. The summed E-state index contributed by atoms with van der Waals surface area (Å²) >= 11 is 0. The fourth-order valence-corrected chi connectivity index (χ4v) is 3.41. The Labute approximate surface area is 114 Å². The Balaban J connectivity index is 2.66. The first-order valence-electron chi connectivity index (χ1n) is 6.16. The molecule has 1 aliphatic rings. The SMILES string of the molecule is COCC(O)CN(C)C(=O)C1CCCN1S(C)(=O)=O. The lowest BCUT2D eigenvalue weighted by molar-refractivity contribution is -0.135. The predicted octanol–water partition coefficient (Wildman–Crippen LogP) is -1.12. The van der Waals surface area contributed by atoms with Crippen LogP contribution in [0.25, 0.3) is 0 Å². The molecule has 1 heterocycles. The van der Waals surface area contributed by atoms with E-state index >= 15 is 0 Å². The van der Waals surface area contributed by atoms with Crippen molar-refractivity contribution in [1.29, 1.82) is 0 Å². The maximum Gasteiger partial charge on any atom is 0.240 e. The number of carbonyl (C=O) groups is 1. The molecule has 0 aromatic rings. The number of rotatable bonds is 6. The van der Waals surface area contributed by atoms with Crippen molar-refractivity contribution in [3.8, 4) is 0 Å². The van der Waals surface area contributed by atoms with E-state index in [1.54, 1.807) is 7.05 Å². The summed E-state index contributed by atoms with van der Waals surface area (Å²) in [4.78, 5) is 13.6. The molecule has 0 bridgehead atoms. The molecule has 19 heavy (non-hydrogen) atoms. The fourth-order valence-electron chi connectivity index (χ4n) is 2.29. The van der Waals surface area contributed by atoms with Crippen LogP contribution in [0.15, 0.2) is 0 Å². The van der Waals surface area contributed by atoms with Gasteiger partial charge in [0, 0.05) is 27.2 Å². The van der Waals surface area contributed by atoms with Gasteiger partial charge in [0.2, 0.25) is 15.9 Å². The van der Waals surface area contributed by atoms with Crippen LogP contribution in [-0.2, 0) is 19.6 Å². The molecular formula is C11H22N2O5S. The number of aliphatic hydroxyl groups is 1. The van der Waals surface area contributed by atoms with E-state index < -0.39 is 22.2 Å². The standard InChI is InChI=1S/C11H22N2O5S/c1-12(7-9(14)8-18-2)11(15)10-5-4-6-13(10)19(3,16)17/h9-10,14H,4-8H2,1-3H3. The van der Waals surface area contributed by atoms with Crippen molar-refractivity contribution in [2.75, 3.05) is 40.1 Å². The van der Waals surface area contributed by atoms with Crippen LogP contribution in [0.3, 0.4) is 0 Å². The maximum atomic E-state index is 12.2. The molecule has 8 heteroatoms. The number of methoxy groups -OCH3 is 1. The normalized spacial score (nSPS) is 22.4. The van der Waals surface area contributed by atoms with Crippen molar-refractivity contribution in [2.45, 2.75) is 25.0 Å². The highest BCUT2D eigenvalue weighted by Gasteiger charge is 2.37. The Morgan fingerprint density at radius 1 is 1.58 bits per heavy atom. The van der Waals surface area contributed by atoms with E-state index in [1.807, 2.05) is 0 Å². The zero-order chi connectivity index (χ0) is 14.6. The second-order valence-corrected chi connectivity index (χ2v) is 6.79. The zero-order valence-electron chi connectivity index (χ0n) is 11.6. The molecule has 1 fully saturated rings. The van der Waals surface area contributed by atoms with E-state index in [-0.39, 0.29) is 19.1 Å². The first-order valence-corrected chi connectivity index (χ1v) is 8.01. The van der Waals surface area contributed by atoms with E-state index in [9.17, 15) is 18.3 Å². The number of aliphatic hydroxyl groups excluding tert-OH is 1. The Kier molecular flexibility index (Phi) is 5.72. The Morgan fingerprint density at radius 2 is 2.21 bits per heavy atom. The van der Waals surface area contributed by atoms with Gasteiger partial charge in [-0.2, -0.15) is 4.31 Å². The van der Waals surface area contributed by atoms with E-state index in [2.05, 4.69) is 0 Å². The summed E-state index contributed by atoms with van der Waals surface area (Å²) in [5.41, 5.74) is 0. The number of ether oxygens (including phenoxy) is 1. The highest BCUT2D eigenvalue weighted by Crippen LogP contribution is 2.21. The van der Waals surface area contributed by atoms with Crippen LogP contribution in [0, 0.1) is 0 Å². The van der Waals surface area contributed by atoms with Gasteiger partial charge in [-0.15, -0.1) is 0 Å². The lowest BCUT2D eigenvalue weighted by Crippen LogP contribution is -2.48. The largest absolute Gasteiger partial charge is 0.389 e. The number of hydrogen-bond acceptors (Lipinski definition) is 5. The molecule has 1 N–H and O–H groups in total. The van der Waals surface area contributed by atoms with Gasteiger partial charge in [-0.1, -0.05) is 0 Å². The van der Waals surface area contributed by atoms with Gasteiger partial charge >= 0.3 is 0 Å². The van der Waals surface area contributed by atoms with Gasteiger partial charge in [0.25, 0.3) is 0 Å². The summed E-state index contributed by atoms with van der Waals surface area (Å²) in [5.74, 6) is -0.280. The average molecular weight is 294 g/mol. The summed E-state index contributed by atoms with van der Waals surface area (Å²) in [5, 5.41) is 9.59. The summed E-state index contributed by atoms with van der Waals surface area (Å²) in [6.07, 6.45) is 1.54. The molecule has 1 aliphatic heterocycles. The minimum atomic E-state index is -3.37. The van der Waals surface area contributed by atoms with Gasteiger partial charge in [0.15, 0.2) is 0 Å². The predicted molar refractivity (Wildman–Crippen MR) is 70.1 cm³/mol. The van der Waals surface area contributed by atoms with Gasteiger partial charge in [0.05, 0.1) is 19.0 Å². The van der Waals surface area contributed by atoms with Crippen LogP contribution < -0.4 is 0 Å². The minimum Gasteiger partial charge on any atom is -0.389 e. The van der Waals surface area contributed by atoms with Crippen LogP contribution in [0.2, 0.25) is 0 Å². The topological polar surface area (TPSA) is 87.2 Å². The van der Waals surface area contributed by atoms with Gasteiger partial charge in [0.1, 0.15) is 6.04 Å². The van der Waals surface area contributed by atoms with Crippen LogP contribution in [0.5, 0.6) is 0 Å². The molecule has 0 aromatic heterocycles. The first kappa shape index (κ1) is 16.4. The number of hydrogen-bond donors (Lipinski definition) is 1. The molecule has 0 radical (unpaired) electrons. The summed E-state index contributed by atoms with van der Waals surface area (Å²) in [7, 11) is -0.349. The molecule has 0 saturated carbocycles. The van der Waals surface area contributed by atoms with E-state index in [4.69, 9.17) is 4.74 Å². The molecule has 1 saturated heterocycles. The van der Waals surface area contributed by atoms with Crippen LogP contribution >= 0.6 is 0 Å². The van der Waals surface area contributed by atoms with Crippen molar-refractivity contribution in [3.05, 3.63) is 0 Å². The highest BCUT2D eigenvalue weighted by molar-refractivity contribution is 7.88. The van der Waals surface area contributed by atoms with Crippen LogP contribution in [0.4, 0.5) is 0 Å². The number of nitrogens with zero attached hydrogens (tertiary/aromatic N) is 2. The second kappa shape index (κ2) is 6.65. The average Bonchev–Trinajstić information content (AvgIpc) is 2.76. The third-order valence-electron chi connectivity index (χ3n) is 3.13. The molecule has 0 aromatic carbocycles. The lowest BCUT2D eigenvalue weighted by Gasteiger charge is -2.27. The molecular weight excluding hydrogens is 272 g/mol. The van der Waals surface area contributed by atoms with Gasteiger partial charge in [-0.25, -0.2) is 8.42 Å². The maximum absolute atomic E-state index is 12.2. The monoisotopic (exact) mass is 294 g/mol. The van der Waals surface area contributed by atoms with Crippen molar-refractivity contribution >= 4 is 15.9 Å². The van der Waals surface area contributed by atoms with Crippen molar-refractivity contribution in [1.82, 2.24) is 9.21 Å². The van der Waals surface area contributed by atoms with Gasteiger partial charge < -0.3 is 14.7 Å². The highest BCUT2D eigenvalue weighted by atomic mass is 32.2. The molecule has 2 unspecified atom stereocenters. The van der Waals surface area contributed by atoms with Gasteiger partial charge in [-0.3, -0.25) is 4.79 Å². The van der Waals surface area contributed by atoms with Crippen molar-refractivity contribution in [2.24, 2.45) is 0 Å². The van der Waals surface area contributed by atoms with Gasteiger partial charge in [-0.05, 0) is 12.8 Å². The smallest absolute Gasteiger partial charge is 0.240 e. The van der Waals surface area contributed by atoms with Crippen molar-refractivity contribution < 1.29 is 23.1 Å². The van der Waals surface area contributed by atoms with E-state index in [0.29, 0.717) is 19.4 Å². The third kappa shape index (κ3) is 4.41. The molecule has 0 spiro atoms. The second-order valence-electron chi connectivity index (χ2n) is 4.86. The third-order valence-corrected chi connectivity index (χ3v) is 4.42. The number of sulfonamides is 1. The quantitative estimate of drug-likeness (QED) is 0.670. The molecule has 1 rings (SSSR count). The molecule has 1 amide bonds. The Bertz CT molecular complexity index is 411. The minimum absolute atomic E-state index is 0.126. The zero-order valence-corrected chi connectivity index (χ0v) is 12.4. The van der Waals surface area contributed by atoms with Crippen molar-refractivity contribution in [3.63, 3.8) is 0 Å². The summed E-state index contributed by atoms with van der Waals surface area (Å²) < 4.78 is 29.2. The summed E-state index contributed by atoms with van der Waals surface area (Å²) in [6, 6.07) is -0.644. The van der Waals surface area contributed by atoms with Crippen LogP contribution in [0.1, 0.15) is 12.8 Å². The number of likely N-dealkylation sites (N-methyl/N-ethyl adjacent to an activating group) is 1.